The van der Waals surface area contributed by atoms with Crippen LogP contribution in [0.15, 0.2) is 22.6 Å². The number of benzene rings is 1. The summed E-state index contributed by atoms with van der Waals surface area (Å²) in [4.78, 5) is 16.7. The van der Waals surface area contributed by atoms with Crippen molar-refractivity contribution in [2.45, 2.75) is 6.42 Å². The number of anilines is 1. The summed E-state index contributed by atoms with van der Waals surface area (Å²) in [7, 11) is 0. The van der Waals surface area contributed by atoms with Crippen molar-refractivity contribution in [1.82, 2.24) is 4.98 Å². The highest BCUT2D eigenvalue weighted by Crippen LogP contribution is 2.31. The molecule has 0 amide bonds. The van der Waals surface area contributed by atoms with Crippen molar-refractivity contribution in [2.75, 3.05) is 24.5 Å². The van der Waals surface area contributed by atoms with Crippen LogP contribution < -0.4 is 10.6 Å². The average Bonchev–Trinajstić information content (AvgIpc) is 3.03. The zero-order chi connectivity index (χ0) is 13.4. The quantitative estimate of drug-likeness (QED) is 0.665. The molecule has 0 spiro atoms. The lowest BCUT2D eigenvalue weighted by Gasteiger charge is -2.12. The lowest BCUT2D eigenvalue weighted by molar-refractivity contribution is -0.383. The summed E-state index contributed by atoms with van der Waals surface area (Å²) >= 11 is 0. The number of aromatic nitrogens is 1. The molecule has 2 heterocycles. The van der Waals surface area contributed by atoms with Gasteiger partial charge in [-0.3, -0.25) is 10.1 Å². The molecule has 2 aromatic rings. The Bertz CT molecular complexity index is 624. The Labute approximate surface area is 109 Å². The van der Waals surface area contributed by atoms with Crippen LogP contribution in [0.4, 0.5) is 11.7 Å². The van der Waals surface area contributed by atoms with Gasteiger partial charge in [-0.1, -0.05) is 6.07 Å². The van der Waals surface area contributed by atoms with Gasteiger partial charge in [0.25, 0.3) is 11.7 Å². The third-order valence-corrected chi connectivity index (χ3v) is 3.47. The maximum absolute atomic E-state index is 10.9. The molecule has 7 heteroatoms. The van der Waals surface area contributed by atoms with E-state index in [1.165, 1.54) is 6.07 Å². The fraction of sp³-hybridized carbons (Fsp3) is 0.417. The van der Waals surface area contributed by atoms with E-state index in [9.17, 15) is 10.1 Å². The lowest BCUT2D eigenvalue weighted by atomic mass is 10.1. The van der Waals surface area contributed by atoms with E-state index in [0.29, 0.717) is 29.6 Å². The van der Waals surface area contributed by atoms with Crippen LogP contribution in [-0.2, 0) is 0 Å². The molecule has 1 fully saturated rings. The number of para-hydroxylation sites is 1. The molecule has 1 atom stereocenters. The van der Waals surface area contributed by atoms with Gasteiger partial charge < -0.3 is 15.1 Å². The van der Waals surface area contributed by atoms with Crippen LogP contribution in [0.2, 0.25) is 0 Å². The van der Waals surface area contributed by atoms with Gasteiger partial charge in [0.15, 0.2) is 11.1 Å². The second-order valence-electron chi connectivity index (χ2n) is 4.71. The van der Waals surface area contributed by atoms with Gasteiger partial charge in [-0.15, -0.1) is 0 Å². The summed E-state index contributed by atoms with van der Waals surface area (Å²) in [5.41, 5.74) is 6.37. The largest absolute Gasteiger partial charge is 0.423 e. The zero-order valence-electron chi connectivity index (χ0n) is 10.3. The van der Waals surface area contributed by atoms with Gasteiger partial charge in [-0.2, -0.15) is 4.98 Å². The highest BCUT2D eigenvalue weighted by atomic mass is 16.6. The van der Waals surface area contributed by atoms with Crippen molar-refractivity contribution in [1.29, 1.82) is 0 Å². The summed E-state index contributed by atoms with van der Waals surface area (Å²) < 4.78 is 5.61. The smallest absolute Gasteiger partial charge is 0.298 e. The highest BCUT2D eigenvalue weighted by molar-refractivity contribution is 5.84. The normalized spacial score (nSPS) is 19.2. The Morgan fingerprint density at radius 2 is 2.42 bits per heavy atom. The van der Waals surface area contributed by atoms with Crippen LogP contribution in [0.25, 0.3) is 11.1 Å². The predicted molar refractivity (Wildman–Crippen MR) is 70.0 cm³/mol. The van der Waals surface area contributed by atoms with Gasteiger partial charge in [0.2, 0.25) is 0 Å². The SMILES string of the molecule is NCC1CCN(c2nc3c([N+](=O)[O-])cccc3o2)C1. The van der Waals surface area contributed by atoms with E-state index in [1.807, 2.05) is 4.90 Å². The molecule has 1 aromatic carbocycles. The summed E-state index contributed by atoms with van der Waals surface area (Å²) in [6.07, 6.45) is 0.997. The van der Waals surface area contributed by atoms with Crippen molar-refractivity contribution < 1.29 is 9.34 Å². The first-order chi connectivity index (χ1) is 9.19. The van der Waals surface area contributed by atoms with Gasteiger partial charge in [0, 0.05) is 19.2 Å². The molecule has 0 bridgehead atoms. The standard InChI is InChI=1S/C12H14N4O3/c13-6-8-4-5-15(7-8)12-14-11-9(16(17)18)2-1-3-10(11)19-12/h1-3,8H,4-7,13H2. The lowest BCUT2D eigenvalue weighted by Crippen LogP contribution is -2.22. The number of nitro groups is 1. The number of nitrogens with zero attached hydrogens (tertiary/aromatic N) is 3. The minimum absolute atomic E-state index is 0.0259. The summed E-state index contributed by atoms with van der Waals surface area (Å²) in [6.45, 7) is 2.25. The molecule has 0 saturated carbocycles. The summed E-state index contributed by atoms with van der Waals surface area (Å²) in [6, 6.07) is 5.17. The van der Waals surface area contributed by atoms with Crippen molar-refractivity contribution in [3.63, 3.8) is 0 Å². The van der Waals surface area contributed by atoms with E-state index >= 15 is 0 Å². The van der Waals surface area contributed by atoms with Gasteiger partial charge in [-0.05, 0) is 24.9 Å². The topological polar surface area (TPSA) is 98.4 Å². The Kier molecular flexibility index (Phi) is 2.83. The Balaban J connectivity index is 1.98. The number of nitrogens with two attached hydrogens (primary N) is 1. The number of hydrogen-bond donors (Lipinski definition) is 1. The second-order valence-corrected chi connectivity index (χ2v) is 4.71. The van der Waals surface area contributed by atoms with Gasteiger partial charge in [0.05, 0.1) is 4.92 Å². The maximum atomic E-state index is 10.9. The monoisotopic (exact) mass is 262 g/mol. The van der Waals surface area contributed by atoms with Crippen LogP contribution in [0.3, 0.4) is 0 Å². The van der Waals surface area contributed by atoms with Crippen molar-refractivity contribution in [3.8, 4) is 0 Å². The molecule has 7 nitrogen and oxygen atoms in total. The molecular weight excluding hydrogens is 248 g/mol. The van der Waals surface area contributed by atoms with Gasteiger partial charge in [-0.25, -0.2) is 0 Å². The molecule has 0 radical (unpaired) electrons. The Hall–Kier alpha value is -2.15. The fourth-order valence-corrected chi connectivity index (χ4v) is 2.40. The molecule has 0 aliphatic carbocycles. The molecule has 3 rings (SSSR count). The molecule has 1 saturated heterocycles. The number of hydrogen-bond acceptors (Lipinski definition) is 6. The van der Waals surface area contributed by atoms with E-state index in [0.717, 1.165) is 19.5 Å². The number of rotatable bonds is 3. The molecule has 1 aromatic heterocycles. The van der Waals surface area contributed by atoms with Crippen molar-refractivity contribution in [2.24, 2.45) is 11.7 Å². The Morgan fingerprint density at radius 1 is 1.58 bits per heavy atom. The number of nitro benzene ring substituents is 1. The molecule has 2 N–H and O–H groups in total. The molecule has 1 unspecified atom stereocenters. The second kappa shape index (κ2) is 4.51. The van der Waals surface area contributed by atoms with E-state index in [4.69, 9.17) is 10.2 Å². The van der Waals surface area contributed by atoms with Crippen LogP contribution in [0.5, 0.6) is 0 Å². The van der Waals surface area contributed by atoms with Crippen molar-refractivity contribution >= 4 is 22.8 Å². The van der Waals surface area contributed by atoms with E-state index in [2.05, 4.69) is 4.98 Å². The minimum Gasteiger partial charge on any atom is -0.423 e. The predicted octanol–water partition coefficient (Wildman–Crippen LogP) is 1.52. The maximum Gasteiger partial charge on any atom is 0.298 e. The van der Waals surface area contributed by atoms with Crippen molar-refractivity contribution in [3.05, 3.63) is 28.3 Å². The third kappa shape index (κ3) is 2.01. The molecule has 19 heavy (non-hydrogen) atoms. The van der Waals surface area contributed by atoms with Crippen LogP contribution in [-0.4, -0.2) is 29.5 Å². The Morgan fingerprint density at radius 3 is 3.11 bits per heavy atom. The first-order valence-corrected chi connectivity index (χ1v) is 6.18. The average molecular weight is 262 g/mol. The molecule has 100 valence electrons. The minimum atomic E-state index is -0.443. The number of non-ortho nitro benzene ring substituents is 1. The van der Waals surface area contributed by atoms with Crippen LogP contribution in [0.1, 0.15) is 6.42 Å². The molecular formula is C12H14N4O3. The third-order valence-electron chi connectivity index (χ3n) is 3.47. The summed E-state index contributed by atoms with van der Waals surface area (Å²) in [5, 5.41) is 10.9. The number of oxazole rings is 1. The fourth-order valence-electron chi connectivity index (χ4n) is 2.40. The zero-order valence-corrected chi connectivity index (χ0v) is 10.3. The molecule has 1 aliphatic heterocycles. The van der Waals surface area contributed by atoms with E-state index in [1.54, 1.807) is 12.1 Å². The van der Waals surface area contributed by atoms with Crippen LogP contribution >= 0.6 is 0 Å². The van der Waals surface area contributed by atoms with Gasteiger partial charge >= 0.3 is 0 Å². The van der Waals surface area contributed by atoms with E-state index < -0.39 is 4.92 Å². The van der Waals surface area contributed by atoms with Crippen LogP contribution in [0, 0.1) is 16.0 Å². The van der Waals surface area contributed by atoms with E-state index in [-0.39, 0.29) is 5.69 Å². The first-order valence-electron chi connectivity index (χ1n) is 6.18. The number of fused-ring (bicyclic) bond motifs is 1. The summed E-state index contributed by atoms with van der Waals surface area (Å²) in [5.74, 6) is 0.435. The van der Waals surface area contributed by atoms with Gasteiger partial charge in [0.1, 0.15) is 0 Å². The molecule has 1 aliphatic rings. The highest BCUT2D eigenvalue weighted by Gasteiger charge is 2.26. The first kappa shape index (κ1) is 11.9.